The van der Waals surface area contributed by atoms with Crippen LogP contribution in [0.4, 0.5) is 0 Å². The van der Waals surface area contributed by atoms with Gasteiger partial charge in [0, 0.05) is 16.8 Å². The average Bonchev–Trinajstić information content (AvgIpc) is 2.82. The minimum absolute atomic E-state index is 0.101. The van der Waals surface area contributed by atoms with Gasteiger partial charge < -0.3 is 0 Å². The third kappa shape index (κ3) is 2.17. The highest BCUT2D eigenvalue weighted by Crippen LogP contribution is 2.34. The number of hydrogen-bond acceptors (Lipinski definition) is 2. The molecule has 1 aromatic carbocycles. The number of hydrogen-bond donors (Lipinski definition) is 0. The van der Waals surface area contributed by atoms with E-state index in [1.54, 1.807) is 12.3 Å². The first-order chi connectivity index (χ1) is 9.16. The van der Waals surface area contributed by atoms with Crippen LogP contribution in [0.5, 0.6) is 0 Å². The summed E-state index contributed by atoms with van der Waals surface area (Å²) in [5, 5.41) is 0.666. The number of ketones is 1. The second kappa shape index (κ2) is 4.78. The minimum Gasteiger partial charge on any atom is -0.293 e. The maximum atomic E-state index is 12.7. The van der Waals surface area contributed by atoms with Crippen LogP contribution in [0.2, 0.25) is 5.02 Å². The zero-order valence-corrected chi connectivity index (χ0v) is 11.4. The number of aryl methyl sites for hydroxylation is 2. The SMILES string of the molecule is Cc1cc(Cl)ccc1C(=O)C1CCc2cccnc21. The number of pyridine rings is 1. The van der Waals surface area contributed by atoms with Crippen molar-refractivity contribution in [3.05, 3.63) is 63.9 Å². The van der Waals surface area contributed by atoms with Crippen LogP contribution in [0.15, 0.2) is 36.5 Å². The van der Waals surface area contributed by atoms with Crippen LogP contribution in [0.1, 0.15) is 39.5 Å². The van der Waals surface area contributed by atoms with Crippen molar-refractivity contribution < 1.29 is 4.79 Å². The molecular formula is C16H14ClNO. The van der Waals surface area contributed by atoms with Gasteiger partial charge in [0.1, 0.15) is 0 Å². The number of benzene rings is 1. The first-order valence-electron chi connectivity index (χ1n) is 6.41. The molecule has 2 nitrogen and oxygen atoms in total. The zero-order valence-electron chi connectivity index (χ0n) is 10.7. The normalized spacial score (nSPS) is 17.3. The fourth-order valence-electron chi connectivity index (χ4n) is 2.76. The maximum absolute atomic E-state index is 12.7. The third-order valence-corrected chi connectivity index (χ3v) is 3.96. The lowest BCUT2D eigenvalue weighted by Gasteiger charge is -2.11. The topological polar surface area (TPSA) is 30.0 Å². The number of halogens is 1. The van der Waals surface area contributed by atoms with Gasteiger partial charge in [0.05, 0.1) is 11.6 Å². The van der Waals surface area contributed by atoms with Gasteiger partial charge in [0.15, 0.2) is 5.78 Å². The van der Waals surface area contributed by atoms with E-state index in [1.807, 2.05) is 25.1 Å². The van der Waals surface area contributed by atoms with E-state index in [9.17, 15) is 4.79 Å². The molecule has 2 aromatic rings. The van der Waals surface area contributed by atoms with Gasteiger partial charge in [-0.2, -0.15) is 0 Å². The number of aromatic nitrogens is 1. The Morgan fingerprint density at radius 3 is 3.00 bits per heavy atom. The van der Waals surface area contributed by atoms with Gasteiger partial charge in [-0.25, -0.2) is 0 Å². The van der Waals surface area contributed by atoms with Crippen molar-refractivity contribution in [3.8, 4) is 0 Å². The molecule has 3 rings (SSSR count). The predicted molar refractivity (Wildman–Crippen MR) is 75.8 cm³/mol. The minimum atomic E-state index is -0.101. The Kier molecular flexibility index (Phi) is 3.11. The van der Waals surface area contributed by atoms with Gasteiger partial charge in [0.25, 0.3) is 0 Å². The van der Waals surface area contributed by atoms with Gasteiger partial charge >= 0.3 is 0 Å². The smallest absolute Gasteiger partial charge is 0.172 e. The Bertz CT molecular complexity index is 651. The standard InChI is InChI=1S/C16H14ClNO/c1-10-9-12(17)5-7-13(10)16(19)14-6-4-11-3-2-8-18-15(11)14/h2-3,5,7-9,14H,4,6H2,1H3. The molecule has 1 atom stereocenters. The Balaban J connectivity index is 1.98. The van der Waals surface area contributed by atoms with Gasteiger partial charge in [-0.1, -0.05) is 17.7 Å². The van der Waals surface area contributed by atoms with Crippen molar-refractivity contribution in [2.24, 2.45) is 0 Å². The van der Waals surface area contributed by atoms with E-state index in [1.165, 1.54) is 5.56 Å². The first-order valence-corrected chi connectivity index (χ1v) is 6.79. The Morgan fingerprint density at radius 2 is 2.21 bits per heavy atom. The average molecular weight is 272 g/mol. The fourth-order valence-corrected chi connectivity index (χ4v) is 2.99. The highest BCUT2D eigenvalue weighted by molar-refractivity contribution is 6.30. The lowest BCUT2D eigenvalue weighted by Crippen LogP contribution is -2.12. The highest BCUT2D eigenvalue weighted by Gasteiger charge is 2.30. The van der Waals surface area contributed by atoms with Crippen molar-refractivity contribution in [1.82, 2.24) is 4.98 Å². The summed E-state index contributed by atoms with van der Waals surface area (Å²) in [5.41, 5.74) is 3.84. The summed E-state index contributed by atoms with van der Waals surface area (Å²) >= 11 is 5.94. The molecule has 3 heteroatoms. The summed E-state index contributed by atoms with van der Waals surface area (Å²) < 4.78 is 0. The van der Waals surface area contributed by atoms with Crippen molar-refractivity contribution >= 4 is 17.4 Å². The Hall–Kier alpha value is -1.67. The van der Waals surface area contributed by atoms with E-state index in [0.717, 1.165) is 29.7 Å². The molecule has 0 bridgehead atoms. The number of carbonyl (C=O) groups excluding carboxylic acids is 1. The van der Waals surface area contributed by atoms with Gasteiger partial charge in [-0.05, 0) is 55.2 Å². The molecule has 0 amide bonds. The van der Waals surface area contributed by atoms with E-state index in [-0.39, 0.29) is 11.7 Å². The number of fused-ring (bicyclic) bond motifs is 1. The second-order valence-corrected chi connectivity index (χ2v) is 5.40. The van der Waals surface area contributed by atoms with Crippen molar-refractivity contribution in [1.29, 1.82) is 0 Å². The van der Waals surface area contributed by atoms with Crippen molar-refractivity contribution in [2.75, 3.05) is 0 Å². The maximum Gasteiger partial charge on any atom is 0.172 e. The number of rotatable bonds is 2. The molecule has 1 unspecified atom stereocenters. The molecule has 19 heavy (non-hydrogen) atoms. The molecule has 0 saturated heterocycles. The van der Waals surface area contributed by atoms with Crippen LogP contribution in [0, 0.1) is 6.92 Å². The molecule has 96 valence electrons. The van der Waals surface area contributed by atoms with Crippen LogP contribution in [-0.2, 0) is 6.42 Å². The quantitative estimate of drug-likeness (QED) is 0.774. The molecule has 0 radical (unpaired) electrons. The zero-order chi connectivity index (χ0) is 13.4. The lowest BCUT2D eigenvalue weighted by atomic mass is 9.92. The van der Waals surface area contributed by atoms with Crippen LogP contribution < -0.4 is 0 Å². The molecule has 1 aliphatic carbocycles. The Morgan fingerprint density at radius 1 is 1.37 bits per heavy atom. The van der Waals surface area contributed by atoms with Crippen molar-refractivity contribution in [3.63, 3.8) is 0 Å². The molecule has 1 aromatic heterocycles. The van der Waals surface area contributed by atoms with E-state index in [4.69, 9.17) is 11.6 Å². The third-order valence-electron chi connectivity index (χ3n) is 3.73. The molecule has 1 heterocycles. The molecule has 0 N–H and O–H groups in total. The first kappa shape index (κ1) is 12.4. The van der Waals surface area contributed by atoms with E-state index < -0.39 is 0 Å². The second-order valence-electron chi connectivity index (χ2n) is 4.96. The van der Waals surface area contributed by atoms with Gasteiger partial charge in [-0.3, -0.25) is 9.78 Å². The van der Waals surface area contributed by atoms with Gasteiger partial charge in [-0.15, -0.1) is 0 Å². The molecular weight excluding hydrogens is 258 g/mol. The van der Waals surface area contributed by atoms with E-state index in [2.05, 4.69) is 11.1 Å². The molecule has 0 spiro atoms. The van der Waals surface area contributed by atoms with E-state index >= 15 is 0 Å². The molecule has 0 saturated carbocycles. The fraction of sp³-hybridized carbons (Fsp3) is 0.250. The Labute approximate surface area is 117 Å². The van der Waals surface area contributed by atoms with Crippen LogP contribution in [0.3, 0.4) is 0 Å². The van der Waals surface area contributed by atoms with Crippen molar-refractivity contribution in [2.45, 2.75) is 25.7 Å². The summed E-state index contributed by atoms with van der Waals surface area (Å²) in [5.74, 6) is 0.0580. The lowest BCUT2D eigenvalue weighted by molar-refractivity contribution is 0.0957. The van der Waals surface area contributed by atoms with Crippen LogP contribution in [-0.4, -0.2) is 10.8 Å². The largest absolute Gasteiger partial charge is 0.293 e. The number of nitrogens with zero attached hydrogens (tertiary/aromatic N) is 1. The summed E-state index contributed by atoms with van der Waals surface area (Å²) in [6.45, 7) is 1.92. The molecule has 1 aliphatic rings. The number of carbonyl (C=O) groups is 1. The monoisotopic (exact) mass is 271 g/mol. The molecule has 0 fully saturated rings. The summed E-state index contributed by atoms with van der Waals surface area (Å²) in [6.07, 6.45) is 3.55. The highest BCUT2D eigenvalue weighted by atomic mass is 35.5. The summed E-state index contributed by atoms with van der Waals surface area (Å²) in [6, 6.07) is 9.42. The summed E-state index contributed by atoms with van der Waals surface area (Å²) in [4.78, 5) is 17.0. The van der Waals surface area contributed by atoms with Gasteiger partial charge in [0.2, 0.25) is 0 Å². The predicted octanol–water partition coefficient (Wildman–Crippen LogP) is 3.96. The summed E-state index contributed by atoms with van der Waals surface area (Å²) in [7, 11) is 0. The van der Waals surface area contributed by atoms with Crippen LogP contribution in [0.25, 0.3) is 0 Å². The molecule has 0 aliphatic heterocycles. The number of Topliss-reactive ketones (excluding diaryl/α,β-unsaturated/α-hetero) is 1. The van der Waals surface area contributed by atoms with E-state index in [0.29, 0.717) is 5.02 Å². The van der Waals surface area contributed by atoms with Crippen LogP contribution >= 0.6 is 11.6 Å².